The van der Waals surface area contributed by atoms with Gasteiger partial charge in [0.1, 0.15) is 0 Å². The van der Waals surface area contributed by atoms with Gasteiger partial charge in [-0.15, -0.1) is 0 Å². The molecule has 5 heteroatoms. The molecule has 0 saturated heterocycles. The van der Waals surface area contributed by atoms with E-state index in [9.17, 15) is 4.79 Å². The topological polar surface area (TPSA) is 45.8 Å². The summed E-state index contributed by atoms with van der Waals surface area (Å²) in [6, 6.07) is 7.90. The van der Waals surface area contributed by atoms with E-state index in [1.165, 1.54) is 96.3 Å². The molecule has 1 aromatic heterocycles. The Balaban J connectivity index is 1.60. The van der Waals surface area contributed by atoms with Crippen LogP contribution in [0.5, 0.6) is 0 Å². The minimum absolute atomic E-state index is 0.0595. The predicted octanol–water partition coefficient (Wildman–Crippen LogP) is 7.96. The van der Waals surface area contributed by atoms with E-state index in [1.54, 1.807) is 0 Å². The molecule has 1 heterocycles. The van der Waals surface area contributed by atoms with Gasteiger partial charge in [0.05, 0.1) is 0 Å². The zero-order chi connectivity index (χ0) is 21.1. The third-order valence-electron chi connectivity index (χ3n) is 8.59. The first kappa shape index (κ1) is 22.3. The number of hydrogen-bond acceptors (Lipinski definition) is 3. The average molecular weight is 545 g/mol. The van der Waals surface area contributed by atoms with E-state index >= 15 is 0 Å². The summed E-state index contributed by atoms with van der Waals surface area (Å²) in [6.07, 6.45) is 21.7. The van der Waals surface area contributed by atoms with E-state index in [2.05, 4.69) is 13.9 Å². The van der Waals surface area contributed by atoms with Gasteiger partial charge >= 0.3 is 195 Å². The van der Waals surface area contributed by atoms with E-state index in [0.29, 0.717) is 0 Å². The molecule has 0 unspecified atom stereocenters. The monoisotopic (exact) mass is 546 g/mol. The van der Waals surface area contributed by atoms with Crippen LogP contribution >= 0.6 is 8.95 Å². The van der Waals surface area contributed by atoms with Crippen molar-refractivity contribution in [2.24, 2.45) is 0 Å². The molecule has 0 atom stereocenters. The molecular weight excluding hydrogens is 507 g/mol. The molecule has 3 saturated carbocycles. The maximum absolute atomic E-state index is 12.9. The quantitative estimate of drug-likeness (QED) is 0.306. The summed E-state index contributed by atoms with van der Waals surface area (Å²) in [5.41, 5.74) is 0.939. The van der Waals surface area contributed by atoms with Gasteiger partial charge in [-0.2, -0.15) is 0 Å². The second kappa shape index (κ2) is 10.2. The van der Waals surface area contributed by atoms with Gasteiger partial charge in [-0.1, -0.05) is 0 Å². The van der Waals surface area contributed by atoms with E-state index < -0.39 is 17.0 Å². The summed E-state index contributed by atoms with van der Waals surface area (Å²) in [7, 11) is 2.23. The fourth-order valence-electron chi connectivity index (χ4n) is 7.19. The molecule has 0 amide bonds. The van der Waals surface area contributed by atoms with E-state index in [1.807, 2.05) is 24.3 Å². The Bertz CT molecular complexity index is 881. The fraction of sp³-hybridized carbons (Fsp3) is 0.692. The van der Waals surface area contributed by atoms with Gasteiger partial charge in [-0.25, -0.2) is 0 Å². The number of aromatic amines is 1. The van der Waals surface area contributed by atoms with Crippen LogP contribution in [0.3, 0.4) is 0 Å². The molecule has 1 aromatic carbocycles. The molecule has 31 heavy (non-hydrogen) atoms. The Morgan fingerprint density at radius 1 is 0.742 bits per heavy atom. The van der Waals surface area contributed by atoms with Crippen LogP contribution in [0.25, 0.3) is 10.9 Å². The van der Waals surface area contributed by atoms with Crippen molar-refractivity contribution in [3.8, 4) is 0 Å². The van der Waals surface area contributed by atoms with Crippen LogP contribution < -0.4 is 5.56 Å². The normalized spacial score (nSPS) is 22.7. The van der Waals surface area contributed by atoms with E-state index in [4.69, 9.17) is 4.98 Å². The van der Waals surface area contributed by atoms with Gasteiger partial charge in [0.25, 0.3) is 0 Å². The van der Waals surface area contributed by atoms with Crippen LogP contribution in [-0.4, -0.2) is 27.0 Å². The van der Waals surface area contributed by atoms with Gasteiger partial charge < -0.3 is 0 Å². The van der Waals surface area contributed by atoms with Gasteiger partial charge in [0.2, 0.25) is 0 Å². The summed E-state index contributed by atoms with van der Waals surface area (Å²) >= 11 is -2.79. The summed E-state index contributed by atoms with van der Waals surface area (Å²) in [4.78, 5) is 21.3. The first-order valence-electron chi connectivity index (χ1n) is 13.0. The van der Waals surface area contributed by atoms with Crippen molar-refractivity contribution in [1.29, 1.82) is 0 Å². The molecule has 0 bridgehead atoms. The van der Waals surface area contributed by atoms with Crippen molar-refractivity contribution < 1.29 is 0 Å². The van der Waals surface area contributed by atoms with Crippen molar-refractivity contribution in [3.63, 3.8) is 0 Å². The maximum atomic E-state index is 12.9. The number of para-hydroxylation sites is 1. The molecule has 3 nitrogen and oxygen atoms in total. The molecule has 168 valence electrons. The Labute approximate surface area is 193 Å². The summed E-state index contributed by atoms with van der Waals surface area (Å²) < 4.78 is 2.95. The Kier molecular flexibility index (Phi) is 7.33. The van der Waals surface area contributed by atoms with Crippen molar-refractivity contribution in [2.75, 3.05) is 0 Å². The third-order valence-corrected chi connectivity index (χ3v) is 36.6. The van der Waals surface area contributed by atoms with Crippen LogP contribution in [0.1, 0.15) is 96.3 Å². The molecule has 0 aliphatic heterocycles. The molecule has 3 aliphatic rings. The Morgan fingerprint density at radius 3 is 1.74 bits per heavy atom. The van der Waals surface area contributed by atoms with Crippen molar-refractivity contribution in [2.45, 2.75) is 113 Å². The molecule has 0 spiro atoms. The summed E-state index contributed by atoms with van der Waals surface area (Å²) in [5, 5.41) is 1.71. The number of hydrogen-bond donors (Lipinski definition) is 1. The zero-order valence-corrected chi connectivity index (χ0v) is 22.6. The molecule has 3 fully saturated rings. The average Bonchev–Trinajstić information content (AvgIpc) is 2.84. The number of aromatic nitrogens is 2. The SMILES string of the molecule is O=c1[nH]c([S][Sn]([CH]2CCCCC2)([CH]2CCCCC2)[CH]2CCCCC2)nc2ccccc12. The molecular formula is C26H38N2OSSn. The number of H-pyrrole nitrogens is 1. The summed E-state index contributed by atoms with van der Waals surface area (Å²) in [6.45, 7) is 0. The summed E-state index contributed by atoms with van der Waals surface area (Å²) in [5.74, 6) is 0. The second-order valence-corrected chi connectivity index (χ2v) is 29.3. The van der Waals surface area contributed by atoms with E-state index in [-0.39, 0.29) is 5.56 Å². The number of nitrogens with one attached hydrogen (secondary N) is 1. The first-order valence-corrected chi connectivity index (χ1v) is 22.2. The van der Waals surface area contributed by atoms with Crippen LogP contribution in [0.15, 0.2) is 34.2 Å². The van der Waals surface area contributed by atoms with Gasteiger partial charge in [-0.3, -0.25) is 0 Å². The van der Waals surface area contributed by atoms with E-state index in [0.717, 1.165) is 27.9 Å². The van der Waals surface area contributed by atoms with Crippen LogP contribution in [0.2, 0.25) is 11.8 Å². The fourth-order valence-corrected chi connectivity index (χ4v) is 38.0. The molecule has 2 aromatic rings. The standard InChI is InChI=1S/C8H6N2OS.3C6H11.Sn/c11-7-5-3-1-2-4-6(5)9-8(12)10-7;3*1-2-4-6-5-3-1;/h1-4H,(H2,9,10,11,12);3*1H,2-6H2;/q;;;;+1/p-1. The molecule has 3 aliphatic carbocycles. The number of benzene rings is 1. The van der Waals surface area contributed by atoms with Crippen molar-refractivity contribution in [1.82, 2.24) is 9.97 Å². The number of fused-ring (bicyclic) bond motifs is 1. The number of nitrogens with zero attached hydrogens (tertiary/aromatic N) is 1. The Hall–Kier alpha value is -0.491. The van der Waals surface area contributed by atoms with Crippen molar-refractivity contribution in [3.05, 3.63) is 34.6 Å². The number of rotatable bonds is 5. The predicted molar refractivity (Wildman–Crippen MR) is 134 cm³/mol. The zero-order valence-electron chi connectivity index (χ0n) is 18.9. The van der Waals surface area contributed by atoms with Crippen LogP contribution in [0, 0.1) is 0 Å². The first-order chi connectivity index (χ1) is 15.3. The van der Waals surface area contributed by atoms with Crippen molar-refractivity contribution >= 4 is 36.8 Å². The van der Waals surface area contributed by atoms with Crippen LogP contribution in [0.4, 0.5) is 0 Å². The Morgan fingerprint density at radius 2 is 1.23 bits per heavy atom. The van der Waals surface area contributed by atoms with Gasteiger partial charge in [-0.05, 0) is 0 Å². The second-order valence-electron chi connectivity index (χ2n) is 10.3. The molecule has 5 rings (SSSR count). The third kappa shape index (κ3) is 4.62. The van der Waals surface area contributed by atoms with Gasteiger partial charge in [0, 0.05) is 0 Å². The van der Waals surface area contributed by atoms with Crippen LogP contribution in [-0.2, 0) is 0 Å². The molecule has 0 radical (unpaired) electrons. The molecule has 1 N–H and O–H groups in total. The minimum atomic E-state index is -2.79. The van der Waals surface area contributed by atoms with Gasteiger partial charge in [0.15, 0.2) is 0 Å².